The first-order chi connectivity index (χ1) is 20.1. The number of carbonyl (C=O) groups excluding carboxylic acids is 3. The van der Waals surface area contributed by atoms with Crippen LogP contribution in [0.15, 0.2) is 18.2 Å². The Hall–Kier alpha value is -3.43. The van der Waals surface area contributed by atoms with E-state index >= 15 is 0 Å². The van der Waals surface area contributed by atoms with Crippen molar-refractivity contribution >= 4 is 29.3 Å². The number of ether oxygens (including phenoxy) is 3. The van der Waals surface area contributed by atoms with Crippen molar-refractivity contribution < 1.29 is 28.6 Å². The molecule has 2 aliphatic carbocycles. The summed E-state index contributed by atoms with van der Waals surface area (Å²) in [5.41, 5.74) is 1.71. The Bertz CT molecular complexity index is 1370. The van der Waals surface area contributed by atoms with Gasteiger partial charge in [-0.1, -0.05) is 34.1 Å². The fraction of sp³-hybridized carbons (Fsp3) is 0.656. The lowest BCUT2D eigenvalue weighted by Gasteiger charge is -2.34. The summed E-state index contributed by atoms with van der Waals surface area (Å²) >= 11 is 0. The van der Waals surface area contributed by atoms with Crippen LogP contribution in [0.2, 0.25) is 0 Å². The van der Waals surface area contributed by atoms with Crippen LogP contribution in [0.3, 0.4) is 0 Å². The molecule has 4 aliphatic rings. The zero-order chi connectivity index (χ0) is 29.8. The molecule has 1 aromatic carbocycles. The minimum atomic E-state index is -0.865. The Morgan fingerprint density at radius 3 is 2.57 bits per heavy atom. The molecule has 3 fully saturated rings. The number of alkyl carbamates (subject to hydrolysis) is 1. The lowest BCUT2D eigenvalue weighted by Crippen LogP contribution is -2.56. The van der Waals surface area contributed by atoms with Crippen molar-refractivity contribution in [2.24, 2.45) is 23.2 Å². The number of aldehydes is 1. The van der Waals surface area contributed by atoms with E-state index in [1.165, 1.54) is 0 Å². The number of nitrogens with one attached hydrogen (secondary N) is 1. The quantitative estimate of drug-likeness (QED) is 0.523. The van der Waals surface area contributed by atoms with Crippen LogP contribution in [-0.4, -0.2) is 71.1 Å². The monoisotopic (exact) mass is 578 g/mol. The van der Waals surface area contributed by atoms with Crippen LogP contribution in [-0.2, 0) is 14.3 Å². The van der Waals surface area contributed by atoms with Crippen LogP contribution in [0.5, 0.6) is 11.6 Å². The molecule has 6 rings (SSSR count). The molecule has 1 N–H and O–H groups in total. The zero-order valence-corrected chi connectivity index (χ0v) is 25.2. The molecule has 2 unspecified atom stereocenters. The number of benzene rings is 1. The van der Waals surface area contributed by atoms with E-state index in [0.717, 1.165) is 49.6 Å². The summed E-state index contributed by atoms with van der Waals surface area (Å²) in [6.45, 7) is 7.90. The normalized spacial score (nSPS) is 33.1. The van der Waals surface area contributed by atoms with Gasteiger partial charge in [-0.2, -0.15) is 0 Å². The summed E-state index contributed by atoms with van der Waals surface area (Å²) in [6, 6.07) is 4.11. The van der Waals surface area contributed by atoms with Crippen molar-refractivity contribution in [2.45, 2.75) is 96.4 Å². The predicted octanol–water partition coefficient (Wildman–Crippen LogP) is 4.64. The van der Waals surface area contributed by atoms with E-state index in [1.807, 2.05) is 45.9 Å². The maximum atomic E-state index is 14.1. The summed E-state index contributed by atoms with van der Waals surface area (Å²) in [6.07, 6.45) is 5.33. The van der Waals surface area contributed by atoms with Crippen molar-refractivity contribution in [3.05, 3.63) is 23.9 Å². The summed E-state index contributed by atoms with van der Waals surface area (Å²) in [5.74, 6) is 1.71. The molecule has 1 saturated heterocycles. The molecular formula is C32H42N4O6. The summed E-state index contributed by atoms with van der Waals surface area (Å²) in [5, 5.41) is 2.85. The van der Waals surface area contributed by atoms with Gasteiger partial charge in [-0.15, -0.1) is 0 Å². The van der Waals surface area contributed by atoms with Gasteiger partial charge in [0.15, 0.2) is 0 Å². The number of hydrogen-bond donors (Lipinski definition) is 1. The first kappa shape index (κ1) is 28.7. The Balaban J connectivity index is 1.38. The first-order valence-corrected chi connectivity index (χ1v) is 15.4. The highest BCUT2D eigenvalue weighted by Crippen LogP contribution is 2.53. The average molecular weight is 579 g/mol. The van der Waals surface area contributed by atoms with Crippen LogP contribution in [0.4, 0.5) is 4.79 Å². The molecule has 2 aliphatic heterocycles. The van der Waals surface area contributed by atoms with Gasteiger partial charge in [0.05, 0.1) is 30.7 Å². The second kappa shape index (κ2) is 11.0. The molecule has 10 nitrogen and oxygen atoms in total. The molecular weight excluding hydrogens is 536 g/mol. The van der Waals surface area contributed by atoms with E-state index in [0.29, 0.717) is 35.4 Å². The molecule has 42 heavy (non-hydrogen) atoms. The zero-order valence-electron chi connectivity index (χ0n) is 25.2. The predicted molar refractivity (Wildman–Crippen MR) is 155 cm³/mol. The fourth-order valence-electron chi connectivity index (χ4n) is 6.89. The van der Waals surface area contributed by atoms with Gasteiger partial charge in [-0.25, -0.2) is 14.8 Å². The number of aromatic nitrogens is 2. The molecule has 2 amide bonds. The molecule has 10 heteroatoms. The minimum Gasteiger partial charge on any atom is -0.497 e. The van der Waals surface area contributed by atoms with E-state index in [1.54, 1.807) is 12.0 Å². The molecule has 226 valence electrons. The average Bonchev–Trinajstić information content (AvgIpc) is 3.86. The molecule has 0 spiro atoms. The Morgan fingerprint density at radius 1 is 1.07 bits per heavy atom. The van der Waals surface area contributed by atoms with Crippen molar-refractivity contribution in [3.63, 3.8) is 0 Å². The molecule has 2 bridgehead atoms. The molecule has 0 radical (unpaired) electrons. The fourth-order valence-corrected chi connectivity index (χ4v) is 6.89. The molecule has 2 saturated carbocycles. The number of rotatable bonds is 3. The van der Waals surface area contributed by atoms with E-state index in [9.17, 15) is 14.4 Å². The van der Waals surface area contributed by atoms with Crippen molar-refractivity contribution in [3.8, 4) is 11.6 Å². The van der Waals surface area contributed by atoms with Gasteiger partial charge < -0.3 is 29.2 Å². The van der Waals surface area contributed by atoms with Gasteiger partial charge in [0.2, 0.25) is 11.8 Å². The standard InChI is InChI=1S/C32H42N4O6/c1-6-20-24(16-37)36-15-26(20)41-29-27(33-22-11-10-19(40-5)14-23(22)34-29)21-12-17(21)8-7-9-18-13-25(18)42-31(39)35-28(30(36)38)32(2,3)4/h10-11,14,16-18,20-21,24-26,28H,6-9,12-13,15H2,1-5H3,(H,35,39)/t17?,18-,20+,21?,24-,25-,26+,28-/m1/s1. The van der Waals surface area contributed by atoms with Gasteiger partial charge in [-0.05, 0) is 61.5 Å². The molecule has 2 aromatic rings. The van der Waals surface area contributed by atoms with Crippen molar-refractivity contribution in [1.29, 1.82) is 0 Å². The minimum absolute atomic E-state index is 0.110. The van der Waals surface area contributed by atoms with E-state index in [4.69, 9.17) is 24.2 Å². The highest BCUT2D eigenvalue weighted by atomic mass is 16.6. The van der Waals surface area contributed by atoms with E-state index in [-0.39, 0.29) is 30.4 Å². The van der Waals surface area contributed by atoms with Crippen LogP contribution in [0, 0.1) is 23.2 Å². The Kier molecular flexibility index (Phi) is 7.51. The van der Waals surface area contributed by atoms with Crippen LogP contribution < -0.4 is 14.8 Å². The SMILES string of the molecule is CC[C@@H]1[C@@H]2CN(C(=O)[C@H](C(C)(C)C)NC(=O)O[C@@H]3C[C@H]3CCCC3CC3c3nc4ccc(OC)cc4nc3O2)[C@@H]1C=O. The van der Waals surface area contributed by atoms with Crippen LogP contribution in [0.25, 0.3) is 11.0 Å². The second-order valence-electron chi connectivity index (χ2n) is 13.5. The maximum absolute atomic E-state index is 14.1. The Labute approximate surface area is 246 Å². The highest BCUT2D eigenvalue weighted by molar-refractivity contribution is 5.89. The molecule has 1 aromatic heterocycles. The largest absolute Gasteiger partial charge is 0.497 e. The number of fused-ring (bicyclic) bond motifs is 7. The topological polar surface area (TPSA) is 120 Å². The Morgan fingerprint density at radius 2 is 1.86 bits per heavy atom. The molecule has 3 heterocycles. The third-order valence-electron chi connectivity index (χ3n) is 9.59. The third-order valence-corrected chi connectivity index (χ3v) is 9.59. The smallest absolute Gasteiger partial charge is 0.408 e. The number of amides is 2. The number of methoxy groups -OCH3 is 1. The number of carbonyl (C=O) groups is 3. The van der Waals surface area contributed by atoms with E-state index in [2.05, 4.69) is 5.32 Å². The van der Waals surface area contributed by atoms with Crippen molar-refractivity contribution in [1.82, 2.24) is 20.2 Å². The van der Waals surface area contributed by atoms with Gasteiger partial charge in [0, 0.05) is 17.9 Å². The van der Waals surface area contributed by atoms with Crippen LogP contribution in [0.1, 0.15) is 77.8 Å². The van der Waals surface area contributed by atoms with E-state index < -0.39 is 29.7 Å². The van der Waals surface area contributed by atoms with Gasteiger partial charge in [0.1, 0.15) is 36.0 Å². The highest BCUT2D eigenvalue weighted by Gasteiger charge is 2.50. The number of hydrogen-bond acceptors (Lipinski definition) is 8. The summed E-state index contributed by atoms with van der Waals surface area (Å²) in [7, 11) is 1.62. The number of nitrogens with zero attached hydrogens (tertiary/aromatic N) is 3. The molecule has 8 atom stereocenters. The summed E-state index contributed by atoms with van der Waals surface area (Å²) < 4.78 is 17.8. The summed E-state index contributed by atoms with van der Waals surface area (Å²) in [4.78, 5) is 51.0. The van der Waals surface area contributed by atoms with Gasteiger partial charge in [-0.3, -0.25) is 4.79 Å². The van der Waals surface area contributed by atoms with Gasteiger partial charge >= 0.3 is 6.09 Å². The maximum Gasteiger partial charge on any atom is 0.408 e. The lowest BCUT2D eigenvalue weighted by atomic mass is 9.85. The van der Waals surface area contributed by atoms with Crippen LogP contribution >= 0.6 is 0 Å². The lowest BCUT2D eigenvalue weighted by molar-refractivity contribution is -0.139. The van der Waals surface area contributed by atoms with Crippen molar-refractivity contribution in [2.75, 3.05) is 13.7 Å². The third kappa shape index (κ3) is 5.52. The first-order valence-electron chi connectivity index (χ1n) is 15.4. The van der Waals surface area contributed by atoms with Gasteiger partial charge in [0.25, 0.3) is 0 Å². The second-order valence-corrected chi connectivity index (χ2v) is 13.5.